The van der Waals surface area contributed by atoms with Crippen molar-refractivity contribution in [3.8, 4) is 0 Å². The molecule has 2 amide bonds. The molecule has 0 fully saturated rings. The van der Waals surface area contributed by atoms with Gasteiger partial charge in [-0.3, -0.25) is 4.57 Å². The maximum absolute atomic E-state index is 13.2. The molecule has 2 N–H and O–H groups in total. The normalized spacial score (nSPS) is 12.4. The van der Waals surface area contributed by atoms with Gasteiger partial charge in [-0.25, -0.2) is 4.79 Å². The maximum atomic E-state index is 13.2. The van der Waals surface area contributed by atoms with Gasteiger partial charge in [0.1, 0.15) is 0 Å². The van der Waals surface area contributed by atoms with Crippen molar-refractivity contribution in [1.82, 2.24) is 5.32 Å². The number of hydrogen-bond acceptors (Lipinski definition) is 4. The molecule has 0 saturated carbocycles. The van der Waals surface area contributed by atoms with Gasteiger partial charge >= 0.3 is 13.6 Å². The number of hydrogen-bond donors (Lipinski definition) is 2. The van der Waals surface area contributed by atoms with Crippen molar-refractivity contribution in [2.45, 2.75) is 19.6 Å². The summed E-state index contributed by atoms with van der Waals surface area (Å²) in [6.45, 7) is 3.89. The van der Waals surface area contributed by atoms with Crippen LogP contribution in [0.5, 0.6) is 0 Å². The number of urea groups is 1. The average Bonchev–Trinajstić information content (AvgIpc) is 2.61. The lowest BCUT2D eigenvalue weighted by Crippen LogP contribution is -2.33. The Labute approximate surface area is 148 Å². The van der Waals surface area contributed by atoms with E-state index in [2.05, 4.69) is 10.6 Å². The van der Waals surface area contributed by atoms with Crippen molar-refractivity contribution in [2.24, 2.45) is 0 Å². The summed E-state index contributed by atoms with van der Waals surface area (Å²) in [6, 6.07) is 17.5. The molecule has 0 aliphatic carbocycles. The highest BCUT2D eigenvalue weighted by molar-refractivity contribution is 7.54. The number of anilines is 1. The fraction of sp³-hybridized carbons (Fsp3) is 0.278. The summed E-state index contributed by atoms with van der Waals surface area (Å²) in [5.74, 6) is -0.905. The first-order valence-electron chi connectivity index (χ1n) is 8.15. The minimum atomic E-state index is -3.58. The number of carbonyl (C=O) groups excluding carboxylic acids is 1. The third-order valence-corrected chi connectivity index (χ3v) is 5.64. The van der Waals surface area contributed by atoms with Gasteiger partial charge in [-0.05, 0) is 31.5 Å². The lowest BCUT2D eigenvalue weighted by Gasteiger charge is -2.27. The van der Waals surface area contributed by atoms with Gasteiger partial charge in [0.15, 0.2) is 5.78 Å². The zero-order chi connectivity index (χ0) is 18.1. The molecular weight excluding hydrogens is 339 g/mol. The second-order valence-electron chi connectivity index (χ2n) is 5.15. The Morgan fingerprint density at radius 2 is 1.48 bits per heavy atom. The highest BCUT2D eigenvalue weighted by Gasteiger charge is 2.38. The van der Waals surface area contributed by atoms with Gasteiger partial charge in [0.25, 0.3) is 0 Å². The Kier molecular flexibility index (Phi) is 7.19. The standard InChI is InChI=1S/C18H23N2O4P/c1-3-23-25(22,24-4-2)17(15-11-7-5-8-12-15)20-18(21)19-16-13-9-6-10-14-16/h5-14,17H,3-4H2,1-2H3,(H2,19,20,21)/t17-/m1/s1. The molecule has 0 spiro atoms. The first kappa shape index (κ1) is 19.2. The monoisotopic (exact) mass is 362 g/mol. The summed E-state index contributed by atoms with van der Waals surface area (Å²) in [4.78, 5) is 12.4. The number of benzene rings is 2. The number of carbonyl (C=O) groups is 1. The molecule has 6 nitrogen and oxygen atoms in total. The van der Waals surface area contributed by atoms with Gasteiger partial charge in [0.2, 0.25) is 0 Å². The van der Waals surface area contributed by atoms with Crippen LogP contribution >= 0.6 is 7.60 Å². The van der Waals surface area contributed by atoms with E-state index >= 15 is 0 Å². The third kappa shape index (κ3) is 5.43. The lowest BCUT2D eigenvalue weighted by atomic mass is 10.2. The van der Waals surface area contributed by atoms with Crippen molar-refractivity contribution >= 4 is 19.3 Å². The van der Waals surface area contributed by atoms with Gasteiger partial charge in [0, 0.05) is 5.69 Å². The summed E-state index contributed by atoms with van der Waals surface area (Å²) in [7, 11) is -3.58. The first-order valence-corrected chi connectivity index (χ1v) is 9.76. The van der Waals surface area contributed by atoms with Crippen LogP contribution in [0.4, 0.5) is 10.5 Å². The van der Waals surface area contributed by atoms with Crippen LogP contribution in [0.25, 0.3) is 0 Å². The Morgan fingerprint density at radius 1 is 0.960 bits per heavy atom. The van der Waals surface area contributed by atoms with E-state index in [9.17, 15) is 9.36 Å². The topological polar surface area (TPSA) is 76.7 Å². The maximum Gasteiger partial charge on any atom is 0.357 e. The van der Waals surface area contributed by atoms with E-state index in [1.165, 1.54) is 0 Å². The van der Waals surface area contributed by atoms with E-state index in [-0.39, 0.29) is 13.2 Å². The van der Waals surface area contributed by atoms with Crippen LogP contribution in [0.15, 0.2) is 60.7 Å². The molecule has 0 heterocycles. The minimum Gasteiger partial charge on any atom is -0.320 e. The van der Waals surface area contributed by atoms with E-state index in [4.69, 9.17) is 9.05 Å². The van der Waals surface area contributed by atoms with Gasteiger partial charge in [-0.15, -0.1) is 0 Å². The fourth-order valence-corrected chi connectivity index (χ4v) is 4.24. The lowest BCUT2D eigenvalue weighted by molar-refractivity contribution is 0.205. The molecule has 0 aliphatic heterocycles. The van der Waals surface area contributed by atoms with Crippen molar-refractivity contribution in [3.05, 3.63) is 66.2 Å². The fourth-order valence-electron chi connectivity index (χ4n) is 2.34. The highest BCUT2D eigenvalue weighted by Crippen LogP contribution is 2.59. The van der Waals surface area contributed by atoms with Crippen LogP contribution in [0.2, 0.25) is 0 Å². The summed E-state index contributed by atoms with van der Waals surface area (Å²) >= 11 is 0. The molecule has 1 atom stereocenters. The van der Waals surface area contributed by atoms with Crippen LogP contribution in [0, 0.1) is 0 Å². The molecule has 134 valence electrons. The van der Waals surface area contributed by atoms with Gasteiger partial charge in [0.05, 0.1) is 13.2 Å². The van der Waals surface area contributed by atoms with E-state index in [0.29, 0.717) is 11.3 Å². The van der Waals surface area contributed by atoms with Crippen LogP contribution in [0.1, 0.15) is 25.2 Å². The Bertz CT molecular complexity index is 700. The van der Waals surface area contributed by atoms with E-state index < -0.39 is 19.4 Å². The number of para-hydroxylation sites is 1. The third-order valence-electron chi connectivity index (χ3n) is 3.35. The molecule has 0 saturated heterocycles. The highest BCUT2D eigenvalue weighted by atomic mass is 31.2. The van der Waals surface area contributed by atoms with E-state index in [0.717, 1.165) is 0 Å². The number of nitrogens with one attached hydrogen (secondary N) is 2. The molecule has 2 rings (SSSR count). The predicted octanol–water partition coefficient (Wildman–Crippen LogP) is 4.77. The zero-order valence-corrected chi connectivity index (χ0v) is 15.2. The van der Waals surface area contributed by atoms with Crippen LogP contribution in [-0.2, 0) is 13.6 Å². The molecule has 0 radical (unpaired) electrons. The largest absolute Gasteiger partial charge is 0.357 e. The van der Waals surface area contributed by atoms with E-state index in [1.807, 2.05) is 24.3 Å². The molecule has 2 aromatic rings. The Balaban J connectivity index is 2.25. The number of rotatable bonds is 8. The molecule has 7 heteroatoms. The molecule has 0 unspecified atom stereocenters. The SMILES string of the molecule is CCOP(=O)(OCC)[C@@H](NC(=O)Nc1ccccc1)c1ccccc1. The molecule has 0 aromatic heterocycles. The zero-order valence-electron chi connectivity index (χ0n) is 14.3. The summed E-state index contributed by atoms with van der Waals surface area (Å²) < 4.78 is 24.1. The second kappa shape index (κ2) is 9.37. The van der Waals surface area contributed by atoms with Crippen molar-refractivity contribution in [1.29, 1.82) is 0 Å². The summed E-state index contributed by atoms with van der Waals surface area (Å²) in [5.41, 5.74) is 1.28. The van der Waals surface area contributed by atoms with E-state index in [1.54, 1.807) is 50.2 Å². The van der Waals surface area contributed by atoms with Crippen LogP contribution in [-0.4, -0.2) is 19.2 Å². The Hall–Kier alpha value is -2.14. The molecular formula is C18H23N2O4P. The minimum absolute atomic E-state index is 0.211. The van der Waals surface area contributed by atoms with Crippen molar-refractivity contribution in [2.75, 3.05) is 18.5 Å². The van der Waals surface area contributed by atoms with Gasteiger partial charge in [-0.2, -0.15) is 0 Å². The second-order valence-corrected chi connectivity index (χ2v) is 7.27. The number of amides is 2. The van der Waals surface area contributed by atoms with Crippen molar-refractivity contribution in [3.63, 3.8) is 0 Å². The average molecular weight is 362 g/mol. The van der Waals surface area contributed by atoms with Gasteiger partial charge in [-0.1, -0.05) is 48.5 Å². The van der Waals surface area contributed by atoms with Crippen LogP contribution < -0.4 is 10.6 Å². The first-order chi connectivity index (χ1) is 12.1. The molecule has 2 aromatic carbocycles. The smallest absolute Gasteiger partial charge is 0.320 e. The summed E-state index contributed by atoms with van der Waals surface area (Å²) in [6.07, 6.45) is 0. The Morgan fingerprint density at radius 3 is 2.00 bits per heavy atom. The van der Waals surface area contributed by atoms with Gasteiger partial charge < -0.3 is 19.7 Å². The van der Waals surface area contributed by atoms with Crippen molar-refractivity contribution < 1.29 is 18.4 Å². The molecule has 0 aliphatic rings. The molecule has 0 bridgehead atoms. The quantitative estimate of drug-likeness (QED) is 0.663. The summed E-state index contributed by atoms with van der Waals surface area (Å²) in [5, 5.41) is 5.45. The molecule has 25 heavy (non-hydrogen) atoms. The predicted molar refractivity (Wildman–Crippen MR) is 98.6 cm³/mol. The van der Waals surface area contributed by atoms with Crippen LogP contribution in [0.3, 0.4) is 0 Å².